The third-order valence-electron chi connectivity index (χ3n) is 5.81. The lowest BCUT2D eigenvalue weighted by Crippen LogP contribution is -2.41. The highest BCUT2D eigenvalue weighted by molar-refractivity contribution is 6.34. The summed E-state index contributed by atoms with van der Waals surface area (Å²) in [5.41, 5.74) is 9.25. The number of fused-ring (bicyclic) bond motifs is 3. The fourth-order valence-electron chi connectivity index (χ4n) is 4.21. The van der Waals surface area contributed by atoms with Crippen LogP contribution in [0, 0.1) is 6.92 Å². The summed E-state index contributed by atoms with van der Waals surface area (Å²) >= 11 is 6.33. The van der Waals surface area contributed by atoms with E-state index in [1.54, 1.807) is 18.2 Å². The molecule has 1 aliphatic heterocycles. The molecule has 9 nitrogen and oxygen atoms in total. The van der Waals surface area contributed by atoms with Crippen LogP contribution in [-0.2, 0) is 17.7 Å². The number of nitrogens with one attached hydrogen (secondary N) is 1. The Kier molecular flexibility index (Phi) is 6.56. The molecule has 0 saturated carbocycles. The van der Waals surface area contributed by atoms with Crippen molar-refractivity contribution in [2.75, 3.05) is 7.11 Å². The molecular weight excluding hydrogens is 458 g/mol. The van der Waals surface area contributed by atoms with Gasteiger partial charge in [-0.05, 0) is 50.1 Å². The van der Waals surface area contributed by atoms with E-state index in [0.29, 0.717) is 36.2 Å². The van der Waals surface area contributed by atoms with Gasteiger partial charge in [0.05, 0.1) is 28.9 Å². The number of carboxylic acid groups (broad SMARTS) is 1. The average molecular weight is 482 g/mol. The smallest absolute Gasteiger partial charge is 0.338 e. The van der Waals surface area contributed by atoms with Gasteiger partial charge in [0.25, 0.3) is 11.9 Å². The van der Waals surface area contributed by atoms with Crippen LogP contribution in [0.2, 0.25) is 5.02 Å². The van der Waals surface area contributed by atoms with E-state index in [1.807, 2.05) is 29.7 Å². The number of aliphatic imine (C=N–C) groups is 2. The Hall–Kier alpha value is -3.85. The number of nitrogens with two attached hydrogens (primary N) is 1. The van der Waals surface area contributed by atoms with Gasteiger partial charge in [-0.2, -0.15) is 4.99 Å². The van der Waals surface area contributed by atoms with E-state index >= 15 is 0 Å². The van der Waals surface area contributed by atoms with E-state index in [2.05, 4.69) is 15.3 Å². The molecule has 176 valence electrons. The van der Waals surface area contributed by atoms with Gasteiger partial charge in [-0.3, -0.25) is 4.79 Å². The van der Waals surface area contributed by atoms with Crippen LogP contribution in [0.3, 0.4) is 0 Å². The quantitative estimate of drug-likeness (QED) is 0.378. The largest absolute Gasteiger partial charge is 0.478 e. The molecule has 0 saturated heterocycles. The summed E-state index contributed by atoms with van der Waals surface area (Å²) in [7, 11) is 1.40. The molecule has 1 unspecified atom stereocenters. The molecule has 1 aromatic heterocycles. The van der Waals surface area contributed by atoms with Crippen molar-refractivity contribution in [1.29, 1.82) is 0 Å². The van der Waals surface area contributed by atoms with E-state index in [4.69, 9.17) is 22.1 Å². The van der Waals surface area contributed by atoms with Crippen molar-refractivity contribution in [3.8, 4) is 0 Å². The maximum absolute atomic E-state index is 12.9. The molecular formula is C24H24ClN5O4. The maximum Gasteiger partial charge on any atom is 0.338 e. The Morgan fingerprint density at radius 1 is 1.29 bits per heavy atom. The molecule has 0 radical (unpaired) electrons. The van der Waals surface area contributed by atoms with E-state index in [-0.39, 0.29) is 23.0 Å². The van der Waals surface area contributed by atoms with Crippen molar-refractivity contribution in [3.05, 3.63) is 63.8 Å². The number of rotatable bonds is 5. The number of aromatic carboxylic acids is 1. The zero-order chi connectivity index (χ0) is 24.4. The molecule has 1 amide bonds. The van der Waals surface area contributed by atoms with Crippen LogP contribution >= 0.6 is 11.6 Å². The highest BCUT2D eigenvalue weighted by Gasteiger charge is 2.29. The van der Waals surface area contributed by atoms with Gasteiger partial charge in [0.1, 0.15) is 6.34 Å². The number of halogens is 1. The molecule has 2 heterocycles. The second kappa shape index (κ2) is 9.56. The van der Waals surface area contributed by atoms with Crippen molar-refractivity contribution in [1.82, 2.24) is 9.88 Å². The number of amidine groups is 1. The van der Waals surface area contributed by atoms with Gasteiger partial charge in [-0.25, -0.2) is 9.79 Å². The van der Waals surface area contributed by atoms with E-state index in [0.717, 1.165) is 22.2 Å². The van der Waals surface area contributed by atoms with Gasteiger partial charge in [0.15, 0.2) is 0 Å². The lowest BCUT2D eigenvalue weighted by Gasteiger charge is -2.27. The number of benzene rings is 2. The average Bonchev–Trinajstić information content (AvgIpc) is 3.11. The standard InChI is InChI=1S/C24H24ClN5O4/c1-13-3-7-19-17(9-13)21(23(32)33)20-8-5-15(11-30(19)20)29-22(31)16-6-4-14(10-18(16)25)27-12-28-24(26)34-2/h3-4,6-7,9-10,12,15H,5,8,11H2,1-2H3,(H,29,31)(H,32,33)(H2,26,27,28). The first kappa shape index (κ1) is 23.3. The van der Waals surface area contributed by atoms with Crippen molar-refractivity contribution < 1.29 is 19.4 Å². The summed E-state index contributed by atoms with van der Waals surface area (Å²) in [6, 6.07) is 10.4. The third-order valence-corrected chi connectivity index (χ3v) is 6.12. The van der Waals surface area contributed by atoms with Gasteiger partial charge >= 0.3 is 5.97 Å². The Morgan fingerprint density at radius 2 is 2.09 bits per heavy atom. The van der Waals surface area contributed by atoms with Crippen LogP contribution < -0.4 is 11.1 Å². The number of carboxylic acids is 1. The Balaban J connectivity index is 1.52. The third kappa shape index (κ3) is 4.60. The van der Waals surface area contributed by atoms with E-state index in [9.17, 15) is 14.7 Å². The molecule has 0 bridgehead atoms. The molecule has 0 fully saturated rings. The second-order valence-corrected chi connectivity index (χ2v) is 8.45. The molecule has 1 atom stereocenters. The van der Waals surface area contributed by atoms with Crippen LogP contribution in [0.25, 0.3) is 10.9 Å². The molecule has 4 N–H and O–H groups in total. The molecule has 2 aromatic carbocycles. The van der Waals surface area contributed by atoms with Crippen LogP contribution in [0.5, 0.6) is 0 Å². The summed E-state index contributed by atoms with van der Waals surface area (Å²) in [5, 5.41) is 13.8. The second-order valence-electron chi connectivity index (χ2n) is 8.05. The predicted molar refractivity (Wildman–Crippen MR) is 131 cm³/mol. The SMILES string of the molecule is COC(N)=NC=Nc1ccc(C(=O)NC2CCc3c(C(=O)O)c4cc(C)ccc4n3C2)c(Cl)c1. The minimum atomic E-state index is -0.933. The normalized spacial score (nSPS) is 16.0. The van der Waals surface area contributed by atoms with Crippen molar-refractivity contribution in [2.24, 2.45) is 15.7 Å². The molecule has 0 spiro atoms. The number of ether oxygens (including phenoxy) is 1. The van der Waals surface area contributed by atoms with Crippen LogP contribution in [0.1, 0.15) is 38.4 Å². The van der Waals surface area contributed by atoms with Gasteiger partial charge in [-0.1, -0.05) is 23.2 Å². The minimum absolute atomic E-state index is 0.0254. The highest BCUT2D eigenvalue weighted by Crippen LogP contribution is 2.32. The molecule has 4 rings (SSSR count). The van der Waals surface area contributed by atoms with E-state index in [1.165, 1.54) is 13.4 Å². The zero-order valence-corrected chi connectivity index (χ0v) is 19.5. The maximum atomic E-state index is 12.9. The fourth-order valence-corrected chi connectivity index (χ4v) is 4.47. The zero-order valence-electron chi connectivity index (χ0n) is 18.7. The first-order chi connectivity index (χ1) is 16.3. The van der Waals surface area contributed by atoms with Crippen molar-refractivity contribution in [2.45, 2.75) is 32.4 Å². The number of amides is 1. The summed E-state index contributed by atoms with van der Waals surface area (Å²) in [4.78, 5) is 32.8. The first-order valence-corrected chi connectivity index (χ1v) is 11.0. The van der Waals surface area contributed by atoms with Gasteiger partial charge in [0, 0.05) is 29.2 Å². The molecule has 1 aliphatic rings. The Morgan fingerprint density at radius 3 is 2.79 bits per heavy atom. The van der Waals surface area contributed by atoms with Gasteiger partial charge < -0.3 is 25.5 Å². The fraction of sp³-hybridized carbons (Fsp3) is 0.250. The van der Waals surface area contributed by atoms with Crippen LogP contribution in [-0.4, -0.2) is 47.1 Å². The van der Waals surface area contributed by atoms with Gasteiger partial charge in [-0.15, -0.1) is 0 Å². The number of aryl methyl sites for hydroxylation is 1. The Bertz CT molecular complexity index is 1340. The summed E-state index contributed by atoms with van der Waals surface area (Å²) < 4.78 is 6.72. The molecule has 0 aliphatic carbocycles. The first-order valence-electron chi connectivity index (χ1n) is 10.6. The topological polar surface area (TPSA) is 131 Å². The number of carbonyl (C=O) groups excluding carboxylic acids is 1. The summed E-state index contributed by atoms with van der Waals surface area (Å²) in [6.07, 6.45) is 2.41. The van der Waals surface area contributed by atoms with Crippen LogP contribution in [0.15, 0.2) is 46.4 Å². The number of carbonyl (C=O) groups is 2. The molecule has 3 aromatic rings. The Labute approximate surface area is 200 Å². The monoisotopic (exact) mass is 481 g/mol. The predicted octanol–water partition coefficient (Wildman–Crippen LogP) is 3.67. The molecule has 10 heteroatoms. The lowest BCUT2D eigenvalue weighted by molar-refractivity contribution is 0.0696. The van der Waals surface area contributed by atoms with Crippen molar-refractivity contribution >= 4 is 52.4 Å². The lowest BCUT2D eigenvalue weighted by atomic mass is 10.0. The highest BCUT2D eigenvalue weighted by atomic mass is 35.5. The van der Waals surface area contributed by atoms with Crippen molar-refractivity contribution in [3.63, 3.8) is 0 Å². The van der Waals surface area contributed by atoms with Crippen LogP contribution in [0.4, 0.5) is 5.69 Å². The number of methoxy groups -OCH3 is 1. The number of hydrogen-bond donors (Lipinski definition) is 3. The summed E-state index contributed by atoms with van der Waals surface area (Å²) in [6.45, 7) is 2.42. The number of aromatic nitrogens is 1. The van der Waals surface area contributed by atoms with Gasteiger partial charge in [0.2, 0.25) is 0 Å². The molecule has 34 heavy (non-hydrogen) atoms. The van der Waals surface area contributed by atoms with E-state index < -0.39 is 5.97 Å². The number of hydrogen-bond acceptors (Lipinski definition) is 4. The summed E-state index contributed by atoms with van der Waals surface area (Å²) in [5.74, 6) is -1.24. The minimum Gasteiger partial charge on any atom is -0.478 e. The number of nitrogens with zero attached hydrogens (tertiary/aromatic N) is 3.